The first kappa shape index (κ1) is 18.3. The molecule has 1 aliphatic rings. The fourth-order valence-electron chi connectivity index (χ4n) is 3.46. The number of carbonyl (C=O) groups is 1. The number of pyridine rings is 1. The minimum atomic E-state index is -0.344. The fraction of sp³-hybridized carbons (Fsp3) is 0.333. The number of benzene rings is 1. The number of hydrogen-bond acceptors (Lipinski definition) is 5. The van der Waals surface area contributed by atoms with Gasteiger partial charge in [-0.3, -0.25) is 9.78 Å². The molecule has 1 atom stereocenters. The molecule has 6 nitrogen and oxygen atoms in total. The van der Waals surface area contributed by atoms with Crippen molar-refractivity contribution < 1.29 is 13.7 Å². The molecule has 3 heterocycles. The molecule has 1 fully saturated rings. The monoisotopic (exact) mass is 380 g/mol. The van der Waals surface area contributed by atoms with Crippen molar-refractivity contribution >= 4 is 5.91 Å². The highest BCUT2D eigenvalue weighted by Gasteiger charge is 2.27. The van der Waals surface area contributed by atoms with Crippen LogP contribution in [0.4, 0.5) is 4.39 Å². The second-order valence-electron chi connectivity index (χ2n) is 7.17. The summed E-state index contributed by atoms with van der Waals surface area (Å²) in [6, 6.07) is 8.35. The van der Waals surface area contributed by atoms with E-state index in [1.54, 1.807) is 36.4 Å². The average molecular weight is 380 g/mol. The van der Waals surface area contributed by atoms with Crippen LogP contribution >= 0.6 is 0 Å². The molecule has 1 aromatic carbocycles. The van der Waals surface area contributed by atoms with Gasteiger partial charge in [-0.25, -0.2) is 4.39 Å². The van der Waals surface area contributed by atoms with E-state index in [2.05, 4.69) is 15.1 Å². The van der Waals surface area contributed by atoms with Crippen LogP contribution in [0.3, 0.4) is 0 Å². The van der Waals surface area contributed by atoms with Gasteiger partial charge in [0.1, 0.15) is 5.82 Å². The van der Waals surface area contributed by atoms with E-state index in [1.807, 2.05) is 12.1 Å². The molecule has 28 heavy (non-hydrogen) atoms. The Morgan fingerprint density at radius 3 is 3.04 bits per heavy atom. The SMILES string of the molecule is Cc1ccc(C(=O)N2CCC(CCc3noc(-c4cccnc4)n3)C2)cc1F. The molecular formula is C21H21FN4O2. The minimum Gasteiger partial charge on any atom is -0.338 e. The highest BCUT2D eigenvalue weighted by molar-refractivity contribution is 5.94. The summed E-state index contributed by atoms with van der Waals surface area (Å²) >= 11 is 0. The van der Waals surface area contributed by atoms with Crippen molar-refractivity contribution in [2.45, 2.75) is 26.2 Å². The summed E-state index contributed by atoms with van der Waals surface area (Å²) in [5.41, 5.74) is 1.74. The van der Waals surface area contributed by atoms with Crippen molar-refractivity contribution in [3.05, 3.63) is 65.5 Å². The Labute approximate surface area is 162 Å². The predicted molar refractivity (Wildman–Crippen MR) is 101 cm³/mol. The van der Waals surface area contributed by atoms with E-state index in [-0.39, 0.29) is 11.7 Å². The van der Waals surface area contributed by atoms with E-state index in [9.17, 15) is 9.18 Å². The number of nitrogens with zero attached hydrogens (tertiary/aromatic N) is 4. The Bertz CT molecular complexity index is 974. The molecule has 1 aliphatic heterocycles. The summed E-state index contributed by atoms with van der Waals surface area (Å²) in [4.78, 5) is 22.9. The van der Waals surface area contributed by atoms with Crippen LogP contribution in [0.5, 0.6) is 0 Å². The number of halogens is 1. The van der Waals surface area contributed by atoms with Gasteiger partial charge in [0.25, 0.3) is 11.8 Å². The largest absolute Gasteiger partial charge is 0.338 e. The maximum Gasteiger partial charge on any atom is 0.259 e. The molecular weight excluding hydrogens is 359 g/mol. The lowest BCUT2D eigenvalue weighted by molar-refractivity contribution is 0.0786. The van der Waals surface area contributed by atoms with Crippen LogP contribution in [-0.2, 0) is 6.42 Å². The predicted octanol–water partition coefficient (Wildman–Crippen LogP) is 3.67. The number of likely N-dealkylation sites (tertiary alicyclic amines) is 1. The van der Waals surface area contributed by atoms with Gasteiger partial charge < -0.3 is 9.42 Å². The summed E-state index contributed by atoms with van der Waals surface area (Å²) in [6.45, 7) is 3.04. The summed E-state index contributed by atoms with van der Waals surface area (Å²) in [7, 11) is 0. The maximum atomic E-state index is 13.7. The Balaban J connectivity index is 1.32. The number of amides is 1. The van der Waals surface area contributed by atoms with Crippen LogP contribution in [0, 0.1) is 18.7 Å². The standard InChI is InChI=1S/C21H21FN4O2/c1-14-4-6-16(11-18(14)22)21(27)26-10-8-15(13-26)5-7-19-24-20(28-25-19)17-3-2-9-23-12-17/h2-4,6,9,11-12,15H,5,7-8,10,13H2,1H3. The van der Waals surface area contributed by atoms with Gasteiger partial charge in [-0.05, 0) is 55.5 Å². The van der Waals surface area contributed by atoms with Gasteiger partial charge in [-0.1, -0.05) is 11.2 Å². The third kappa shape index (κ3) is 3.93. The molecule has 3 aromatic rings. The van der Waals surface area contributed by atoms with Gasteiger partial charge in [0, 0.05) is 37.5 Å². The molecule has 0 bridgehead atoms. The zero-order chi connectivity index (χ0) is 19.5. The van der Waals surface area contributed by atoms with Crippen LogP contribution in [-0.4, -0.2) is 39.0 Å². The molecule has 0 radical (unpaired) electrons. The van der Waals surface area contributed by atoms with Crippen molar-refractivity contribution in [2.24, 2.45) is 5.92 Å². The maximum absolute atomic E-state index is 13.7. The van der Waals surface area contributed by atoms with Crippen LogP contribution in [0.15, 0.2) is 47.2 Å². The topological polar surface area (TPSA) is 72.1 Å². The molecule has 0 N–H and O–H groups in total. The smallest absolute Gasteiger partial charge is 0.259 e. The zero-order valence-electron chi connectivity index (χ0n) is 15.6. The zero-order valence-corrected chi connectivity index (χ0v) is 15.6. The van der Waals surface area contributed by atoms with Crippen LogP contribution < -0.4 is 0 Å². The van der Waals surface area contributed by atoms with Gasteiger partial charge in [0.05, 0.1) is 5.56 Å². The number of rotatable bonds is 5. The summed E-state index contributed by atoms with van der Waals surface area (Å²) in [5, 5.41) is 4.04. The molecule has 0 saturated carbocycles. The first-order chi connectivity index (χ1) is 13.6. The summed E-state index contributed by atoms with van der Waals surface area (Å²) < 4.78 is 19.0. The number of carbonyl (C=O) groups excluding carboxylic acids is 1. The third-order valence-electron chi connectivity index (χ3n) is 5.14. The summed E-state index contributed by atoms with van der Waals surface area (Å²) in [6.07, 6.45) is 5.87. The molecule has 0 aliphatic carbocycles. The molecule has 144 valence electrons. The molecule has 1 amide bonds. The normalized spacial score (nSPS) is 16.5. The highest BCUT2D eigenvalue weighted by Crippen LogP contribution is 2.24. The molecule has 1 unspecified atom stereocenters. The molecule has 2 aromatic heterocycles. The molecule has 1 saturated heterocycles. The second-order valence-corrected chi connectivity index (χ2v) is 7.17. The molecule has 7 heteroatoms. The molecule has 4 rings (SSSR count). The lowest BCUT2D eigenvalue weighted by Gasteiger charge is -2.16. The van der Waals surface area contributed by atoms with E-state index in [4.69, 9.17) is 4.52 Å². The summed E-state index contributed by atoms with van der Waals surface area (Å²) in [5.74, 6) is 1.04. The van der Waals surface area contributed by atoms with Crippen LogP contribution in [0.2, 0.25) is 0 Å². The lowest BCUT2D eigenvalue weighted by Crippen LogP contribution is -2.28. The number of aromatic nitrogens is 3. The number of hydrogen-bond donors (Lipinski definition) is 0. The quantitative estimate of drug-likeness (QED) is 0.675. The third-order valence-corrected chi connectivity index (χ3v) is 5.14. The van der Waals surface area contributed by atoms with E-state index >= 15 is 0 Å². The van der Waals surface area contributed by atoms with E-state index in [1.165, 1.54) is 6.07 Å². The van der Waals surface area contributed by atoms with Crippen molar-refractivity contribution in [1.82, 2.24) is 20.0 Å². The van der Waals surface area contributed by atoms with Crippen LogP contribution in [0.1, 0.15) is 34.6 Å². The van der Waals surface area contributed by atoms with Gasteiger partial charge in [0.15, 0.2) is 5.82 Å². The first-order valence-corrected chi connectivity index (χ1v) is 9.38. The van der Waals surface area contributed by atoms with E-state index in [0.29, 0.717) is 48.3 Å². The Morgan fingerprint density at radius 1 is 1.36 bits per heavy atom. The van der Waals surface area contributed by atoms with Crippen molar-refractivity contribution in [2.75, 3.05) is 13.1 Å². The van der Waals surface area contributed by atoms with Gasteiger partial charge in [-0.2, -0.15) is 4.98 Å². The van der Waals surface area contributed by atoms with Crippen molar-refractivity contribution in [3.63, 3.8) is 0 Å². The number of aryl methyl sites for hydroxylation is 2. The molecule has 0 spiro atoms. The highest BCUT2D eigenvalue weighted by atomic mass is 19.1. The van der Waals surface area contributed by atoms with Crippen LogP contribution in [0.25, 0.3) is 11.5 Å². The average Bonchev–Trinajstić information content (AvgIpc) is 3.38. The van der Waals surface area contributed by atoms with Gasteiger partial charge in [-0.15, -0.1) is 0 Å². The minimum absolute atomic E-state index is 0.111. The van der Waals surface area contributed by atoms with E-state index in [0.717, 1.165) is 18.4 Å². The van der Waals surface area contributed by atoms with E-state index < -0.39 is 0 Å². The van der Waals surface area contributed by atoms with Crippen molar-refractivity contribution in [1.29, 1.82) is 0 Å². The Kier molecular flexibility index (Phi) is 5.14. The van der Waals surface area contributed by atoms with Crippen molar-refractivity contribution in [3.8, 4) is 11.5 Å². The lowest BCUT2D eigenvalue weighted by atomic mass is 10.0. The second kappa shape index (κ2) is 7.88. The first-order valence-electron chi connectivity index (χ1n) is 9.38. The van der Waals surface area contributed by atoms with Gasteiger partial charge in [0.2, 0.25) is 0 Å². The Morgan fingerprint density at radius 2 is 2.25 bits per heavy atom. The Hall–Kier alpha value is -3.09. The van der Waals surface area contributed by atoms with Gasteiger partial charge >= 0.3 is 0 Å². The fourth-order valence-corrected chi connectivity index (χ4v) is 3.46.